The molecule has 1 aliphatic rings. The normalized spacial score (nSPS) is 19.6. The standard InChI is InChI=1S/C15H19NO4/c1-20-15(19)13-3-2-8-16(10-13)9-11-4-6-12(7-5-11)14(17)18/h4-7,13H,2-3,8-10H2,1H3,(H,17,18). The summed E-state index contributed by atoms with van der Waals surface area (Å²) < 4.78 is 4.80. The number of carboxylic acids is 1. The van der Waals surface area contributed by atoms with E-state index in [0.717, 1.165) is 31.5 Å². The molecule has 0 saturated carbocycles. The van der Waals surface area contributed by atoms with Gasteiger partial charge in [0.2, 0.25) is 0 Å². The SMILES string of the molecule is COC(=O)C1CCCN(Cc2ccc(C(=O)O)cc2)C1. The number of carbonyl (C=O) groups is 2. The van der Waals surface area contributed by atoms with Crippen LogP contribution in [0.1, 0.15) is 28.8 Å². The van der Waals surface area contributed by atoms with Crippen LogP contribution in [0, 0.1) is 5.92 Å². The number of ether oxygens (including phenoxy) is 1. The molecule has 1 atom stereocenters. The first-order valence-corrected chi connectivity index (χ1v) is 6.72. The van der Waals surface area contributed by atoms with Crippen LogP contribution in [0.3, 0.4) is 0 Å². The van der Waals surface area contributed by atoms with Gasteiger partial charge < -0.3 is 9.84 Å². The number of carbonyl (C=O) groups excluding carboxylic acids is 1. The van der Waals surface area contributed by atoms with Crippen molar-refractivity contribution >= 4 is 11.9 Å². The van der Waals surface area contributed by atoms with Gasteiger partial charge in [0.25, 0.3) is 0 Å². The van der Waals surface area contributed by atoms with Crippen LogP contribution in [0.5, 0.6) is 0 Å². The lowest BCUT2D eigenvalue weighted by Crippen LogP contribution is -2.38. The maximum Gasteiger partial charge on any atom is 0.335 e. The average Bonchev–Trinajstić information content (AvgIpc) is 2.47. The van der Waals surface area contributed by atoms with E-state index in [1.165, 1.54) is 7.11 Å². The number of carboxylic acid groups (broad SMARTS) is 1. The molecule has 2 rings (SSSR count). The Morgan fingerprint density at radius 2 is 2.05 bits per heavy atom. The number of likely N-dealkylation sites (tertiary alicyclic amines) is 1. The Kier molecular flexibility index (Phi) is 4.74. The van der Waals surface area contributed by atoms with Crippen molar-refractivity contribution < 1.29 is 19.4 Å². The number of methoxy groups -OCH3 is 1. The first kappa shape index (κ1) is 14.5. The second-order valence-corrected chi connectivity index (χ2v) is 5.10. The van der Waals surface area contributed by atoms with Crippen LogP contribution in [0.25, 0.3) is 0 Å². The minimum atomic E-state index is -0.916. The summed E-state index contributed by atoms with van der Waals surface area (Å²) in [6.07, 6.45) is 1.86. The molecule has 0 aromatic heterocycles. The fourth-order valence-electron chi connectivity index (χ4n) is 2.57. The van der Waals surface area contributed by atoms with Gasteiger partial charge in [-0.2, -0.15) is 0 Å². The third-order valence-corrected chi connectivity index (χ3v) is 3.65. The van der Waals surface area contributed by atoms with Gasteiger partial charge in [-0.3, -0.25) is 9.69 Å². The Bertz CT molecular complexity index is 483. The smallest absolute Gasteiger partial charge is 0.335 e. The summed E-state index contributed by atoms with van der Waals surface area (Å²) in [7, 11) is 1.42. The van der Waals surface area contributed by atoms with Gasteiger partial charge in [-0.15, -0.1) is 0 Å². The van der Waals surface area contributed by atoms with E-state index in [1.807, 2.05) is 12.1 Å². The zero-order chi connectivity index (χ0) is 14.5. The minimum Gasteiger partial charge on any atom is -0.478 e. The molecule has 1 N–H and O–H groups in total. The van der Waals surface area contributed by atoms with E-state index in [9.17, 15) is 9.59 Å². The summed E-state index contributed by atoms with van der Waals surface area (Å²) in [4.78, 5) is 24.6. The van der Waals surface area contributed by atoms with Gasteiger partial charge in [0.1, 0.15) is 0 Å². The molecule has 1 aliphatic heterocycles. The maximum absolute atomic E-state index is 11.6. The van der Waals surface area contributed by atoms with E-state index in [4.69, 9.17) is 9.84 Å². The molecule has 0 bridgehead atoms. The molecule has 1 saturated heterocycles. The molecular weight excluding hydrogens is 258 g/mol. The number of aromatic carboxylic acids is 1. The maximum atomic E-state index is 11.6. The average molecular weight is 277 g/mol. The Morgan fingerprint density at radius 1 is 1.35 bits per heavy atom. The number of nitrogens with zero attached hydrogens (tertiary/aromatic N) is 1. The summed E-state index contributed by atoms with van der Waals surface area (Å²) in [5.74, 6) is -1.11. The fraction of sp³-hybridized carbons (Fsp3) is 0.467. The van der Waals surface area contributed by atoms with E-state index in [2.05, 4.69) is 4.90 Å². The Hall–Kier alpha value is -1.88. The van der Waals surface area contributed by atoms with Crippen molar-refractivity contribution in [2.45, 2.75) is 19.4 Å². The Morgan fingerprint density at radius 3 is 2.65 bits per heavy atom. The number of benzene rings is 1. The molecule has 5 heteroatoms. The first-order valence-electron chi connectivity index (χ1n) is 6.72. The molecule has 0 radical (unpaired) electrons. The van der Waals surface area contributed by atoms with Crippen LogP contribution in [-0.2, 0) is 16.1 Å². The third-order valence-electron chi connectivity index (χ3n) is 3.65. The lowest BCUT2D eigenvalue weighted by molar-refractivity contribution is -0.147. The van der Waals surface area contributed by atoms with Crippen LogP contribution in [0.4, 0.5) is 0 Å². The number of hydrogen-bond acceptors (Lipinski definition) is 4. The second-order valence-electron chi connectivity index (χ2n) is 5.10. The molecule has 20 heavy (non-hydrogen) atoms. The van der Waals surface area contributed by atoms with Crippen LogP contribution in [0.15, 0.2) is 24.3 Å². The monoisotopic (exact) mass is 277 g/mol. The highest BCUT2D eigenvalue weighted by Gasteiger charge is 2.26. The highest BCUT2D eigenvalue weighted by atomic mass is 16.5. The highest BCUT2D eigenvalue weighted by Crippen LogP contribution is 2.19. The quantitative estimate of drug-likeness (QED) is 0.850. The molecule has 0 spiro atoms. The third kappa shape index (κ3) is 3.57. The summed E-state index contributed by atoms with van der Waals surface area (Å²) in [6, 6.07) is 6.87. The van der Waals surface area contributed by atoms with Crippen molar-refractivity contribution in [3.63, 3.8) is 0 Å². The van der Waals surface area contributed by atoms with Crippen molar-refractivity contribution in [1.82, 2.24) is 4.90 Å². The molecule has 108 valence electrons. The molecule has 1 unspecified atom stereocenters. The van der Waals surface area contributed by atoms with Crippen molar-refractivity contribution in [1.29, 1.82) is 0 Å². The van der Waals surface area contributed by atoms with Crippen LogP contribution < -0.4 is 0 Å². The molecule has 1 aromatic carbocycles. The predicted octanol–water partition coefficient (Wildman–Crippen LogP) is 1.77. The van der Waals surface area contributed by atoms with Crippen LogP contribution in [0.2, 0.25) is 0 Å². The fourth-order valence-corrected chi connectivity index (χ4v) is 2.57. The van der Waals surface area contributed by atoms with Gasteiger partial charge in [-0.1, -0.05) is 12.1 Å². The first-order chi connectivity index (χ1) is 9.60. The predicted molar refractivity (Wildman–Crippen MR) is 73.4 cm³/mol. The van der Waals surface area contributed by atoms with Gasteiger partial charge in [-0.05, 0) is 37.1 Å². The van der Waals surface area contributed by atoms with E-state index in [1.54, 1.807) is 12.1 Å². The Labute approximate surface area is 118 Å². The van der Waals surface area contributed by atoms with Crippen LogP contribution in [-0.4, -0.2) is 42.1 Å². The largest absolute Gasteiger partial charge is 0.478 e. The lowest BCUT2D eigenvalue weighted by atomic mass is 9.97. The molecular formula is C15H19NO4. The van der Waals surface area contributed by atoms with Crippen molar-refractivity contribution in [3.8, 4) is 0 Å². The molecule has 1 fully saturated rings. The van der Waals surface area contributed by atoms with Crippen LogP contribution >= 0.6 is 0 Å². The zero-order valence-electron chi connectivity index (χ0n) is 11.5. The van der Waals surface area contributed by atoms with Crippen molar-refractivity contribution in [2.75, 3.05) is 20.2 Å². The van der Waals surface area contributed by atoms with Gasteiger partial charge in [0.15, 0.2) is 0 Å². The van der Waals surface area contributed by atoms with Gasteiger partial charge in [0.05, 0.1) is 18.6 Å². The summed E-state index contributed by atoms with van der Waals surface area (Å²) in [5, 5.41) is 8.86. The van der Waals surface area contributed by atoms with E-state index >= 15 is 0 Å². The molecule has 5 nitrogen and oxygen atoms in total. The molecule has 1 heterocycles. The van der Waals surface area contributed by atoms with E-state index in [0.29, 0.717) is 12.1 Å². The zero-order valence-corrected chi connectivity index (χ0v) is 11.5. The van der Waals surface area contributed by atoms with Gasteiger partial charge in [0, 0.05) is 13.1 Å². The van der Waals surface area contributed by atoms with E-state index in [-0.39, 0.29) is 11.9 Å². The summed E-state index contributed by atoms with van der Waals surface area (Å²) in [6.45, 7) is 2.38. The Balaban J connectivity index is 1.95. The minimum absolute atomic E-state index is 0.0490. The number of esters is 1. The van der Waals surface area contributed by atoms with Gasteiger partial charge in [-0.25, -0.2) is 4.79 Å². The molecule has 0 amide bonds. The molecule has 1 aromatic rings. The second kappa shape index (κ2) is 6.52. The summed E-state index contributed by atoms with van der Waals surface area (Å²) >= 11 is 0. The lowest BCUT2D eigenvalue weighted by Gasteiger charge is -2.31. The van der Waals surface area contributed by atoms with Crippen molar-refractivity contribution in [2.24, 2.45) is 5.92 Å². The van der Waals surface area contributed by atoms with Gasteiger partial charge >= 0.3 is 11.9 Å². The molecule has 0 aliphatic carbocycles. The summed E-state index contributed by atoms with van der Waals surface area (Å²) in [5.41, 5.74) is 1.35. The number of hydrogen-bond donors (Lipinski definition) is 1. The van der Waals surface area contributed by atoms with Crippen molar-refractivity contribution in [3.05, 3.63) is 35.4 Å². The number of rotatable bonds is 4. The topological polar surface area (TPSA) is 66.8 Å². The number of piperidine rings is 1. The van der Waals surface area contributed by atoms with E-state index < -0.39 is 5.97 Å². The highest BCUT2D eigenvalue weighted by molar-refractivity contribution is 5.87.